The first-order valence-electron chi connectivity index (χ1n) is 7.60. The Balaban J connectivity index is 2.45. The van der Waals surface area contributed by atoms with E-state index < -0.39 is 29.1 Å². The molecule has 132 valence electrons. The van der Waals surface area contributed by atoms with E-state index in [9.17, 15) is 29.7 Å². The summed E-state index contributed by atoms with van der Waals surface area (Å²) in [6.45, 7) is 0. The molecule has 0 saturated heterocycles. The molecule has 1 heterocycles. The van der Waals surface area contributed by atoms with E-state index in [2.05, 4.69) is 0 Å². The van der Waals surface area contributed by atoms with E-state index >= 15 is 0 Å². The summed E-state index contributed by atoms with van der Waals surface area (Å²) in [5.41, 5.74) is -6.24. The Bertz CT molecular complexity index is 891. The van der Waals surface area contributed by atoms with Crippen LogP contribution in [0.15, 0.2) is 77.9 Å². The van der Waals surface area contributed by atoms with Gasteiger partial charge >= 0.3 is 23.5 Å². The number of carbonyl (C=O) groups excluding carboxylic acids is 1. The molecule has 0 saturated carbocycles. The molecule has 1 aromatic rings. The quantitative estimate of drug-likeness (QED) is 0.553. The van der Waals surface area contributed by atoms with Gasteiger partial charge in [-0.3, -0.25) is 0 Å². The Morgan fingerprint density at radius 1 is 0.885 bits per heavy atom. The third-order valence-electron chi connectivity index (χ3n) is 4.31. The largest absolute Gasteiger partial charge is 0.478 e. The lowest BCUT2D eigenvalue weighted by Gasteiger charge is -2.44. The lowest BCUT2D eigenvalue weighted by Crippen LogP contribution is -2.67. The van der Waals surface area contributed by atoms with Gasteiger partial charge in [-0.2, -0.15) is 0 Å². The smallest absolute Gasteiger partial charge is 0.364 e. The molecule has 3 rings (SSSR count). The van der Waals surface area contributed by atoms with Gasteiger partial charge in [0.15, 0.2) is 5.60 Å². The summed E-state index contributed by atoms with van der Waals surface area (Å²) in [6.07, 6.45) is 8.82. The molecule has 1 aliphatic carbocycles. The zero-order chi connectivity index (χ0) is 18.9. The van der Waals surface area contributed by atoms with Crippen LogP contribution in [0.2, 0.25) is 0 Å². The number of ether oxygens (including phenoxy) is 1. The van der Waals surface area contributed by atoms with Crippen molar-refractivity contribution in [1.29, 1.82) is 0 Å². The van der Waals surface area contributed by atoms with Crippen molar-refractivity contribution in [3.05, 3.63) is 83.5 Å². The Morgan fingerprint density at radius 2 is 1.46 bits per heavy atom. The Hall–Kier alpha value is -3.45. The molecular weight excluding hydrogens is 340 g/mol. The molecule has 0 aromatic heterocycles. The van der Waals surface area contributed by atoms with Gasteiger partial charge in [0.1, 0.15) is 0 Å². The maximum absolute atomic E-state index is 12.4. The molecule has 1 atom stereocenters. The van der Waals surface area contributed by atoms with E-state index in [4.69, 9.17) is 4.74 Å². The number of esters is 1. The molecule has 1 unspecified atom stereocenters. The summed E-state index contributed by atoms with van der Waals surface area (Å²) in [5.74, 6) is -5.14. The average molecular weight is 354 g/mol. The number of rotatable bonds is 3. The lowest BCUT2D eigenvalue weighted by molar-refractivity contribution is -0.218. The second-order valence-corrected chi connectivity index (χ2v) is 5.69. The van der Waals surface area contributed by atoms with E-state index in [1.165, 1.54) is 48.6 Å². The maximum Gasteiger partial charge on any atom is 0.364 e. The molecule has 26 heavy (non-hydrogen) atoms. The van der Waals surface area contributed by atoms with Gasteiger partial charge in [-0.05, 0) is 11.6 Å². The predicted molar refractivity (Wildman–Crippen MR) is 88.9 cm³/mol. The minimum Gasteiger partial charge on any atom is -0.478 e. The Morgan fingerprint density at radius 3 is 2.04 bits per heavy atom. The van der Waals surface area contributed by atoms with Crippen molar-refractivity contribution in [1.82, 2.24) is 0 Å². The number of cyclic esters (lactones) is 1. The van der Waals surface area contributed by atoms with Gasteiger partial charge in [-0.1, -0.05) is 60.7 Å². The summed E-state index contributed by atoms with van der Waals surface area (Å²) in [6, 6.07) is 7.39. The summed E-state index contributed by atoms with van der Waals surface area (Å²) >= 11 is 0. The standard InChI is InChI=1S/C19H14O7/c20-15-13-10-6-1-2-7-11-14(13)18(25,12-8-4-3-5-9-12)19(26-15,16(21)22)17(23)24/h1-11,25H,(H,21,22)(H,23,24)/b2-1-,6-1?,7-2?,10-6-,11-7-,13-10?,14-11?. The SMILES string of the molecule is O=C1OC(C(=O)O)(C(=O)O)C(O)(c2ccccc2)C2=C1\C=C/C=C\C=C/2. The van der Waals surface area contributed by atoms with E-state index in [0.29, 0.717) is 0 Å². The number of carboxylic acid groups (broad SMARTS) is 2. The highest BCUT2D eigenvalue weighted by Crippen LogP contribution is 2.48. The average Bonchev–Trinajstić information content (AvgIpc) is 2.58. The fraction of sp³-hybridized carbons (Fsp3) is 0.105. The topological polar surface area (TPSA) is 121 Å². The highest BCUT2D eigenvalue weighted by atomic mass is 16.6. The van der Waals surface area contributed by atoms with Crippen LogP contribution in [0.4, 0.5) is 0 Å². The lowest BCUT2D eigenvalue weighted by atomic mass is 9.68. The minimum absolute atomic E-state index is 0.0348. The predicted octanol–water partition coefficient (Wildman–Crippen LogP) is 1.32. The van der Waals surface area contributed by atoms with Crippen LogP contribution < -0.4 is 0 Å². The highest BCUT2D eigenvalue weighted by Gasteiger charge is 2.70. The molecule has 0 fully saturated rings. The van der Waals surface area contributed by atoms with Gasteiger partial charge in [-0.25, -0.2) is 14.4 Å². The van der Waals surface area contributed by atoms with Crippen molar-refractivity contribution < 1.29 is 34.4 Å². The molecule has 0 radical (unpaired) electrons. The molecular formula is C19H14O7. The first-order valence-corrected chi connectivity index (χ1v) is 7.60. The van der Waals surface area contributed by atoms with Gasteiger partial charge in [0, 0.05) is 5.57 Å². The summed E-state index contributed by atoms with van der Waals surface area (Å²) < 4.78 is 4.88. The van der Waals surface area contributed by atoms with Crippen LogP contribution in [0.1, 0.15) is 5.56 Å². The van der Waals surface area contributed by atoms with Crippen LogP contribution >= 0.6 is 0 Å². The molecule has 1 aliphatic heterocycles. The fourth-order valence-electron chi connectivity index (χ4n) is 3.09. The number of carboxylic acids is 2. The van der Waals surface area contributed by atoms with E-state index in [1.54, 1.807) is 18.2 Å². The normalized spacial score (nSPS) is 27.3. The van der Waals surface area contributed by atoms with Crippen molar-refractivity contribution in [2.24, 2.45) is 0 Å². The molecule has 2 aliphatic rings. The van der Waals surface area contributed by atoms with Crippen molar-refractivity contribution in [3.63, 3.8) is 0 Å². The third kappa shape index (κ3) is 2.21. The van der Waals surface area contributed by atoms with Crippen molar-refractivity contribution >= 4 is 17.9 Å². The highest BCUT2D eigenvalue weighted by molar-refractivity contribution is 6.10. The molecule has 0 amide bonds. The molecule has 0 spiro atoms. The van der Waals surface area contributed by atoms with Gasteiger partial charge in [-0.15, -0.1) is 0 Å². The maximum atomic E-state index is 12.4. The van der Waals surface area contributed by atoms with Crippen LogP contribution in [-0.2, 0) is 24.7 Å². The van der Waals surface area contributed by atoms with Gasteiger partial charge in [0.25, 0.3) is 0 Å². The first kappa shape index (κ1) is 17.4. The number of hydrogen-bond acceptors (Lipinski definition) is 5. The molecule has 7 heteroatoms. The monoisotopic (exact) mass is 354 g/mol. The Labute approximate surface area is 147 Å². The fourth-order valence-corrected chi connectivity index (χ4v) is 3.09. The van der Waals surface area contributed by atoms with Crippen LogP contribution in [0, 0.1) is 0 Å². The third-order valence-corrected chi connectivity index (χ3v) is 4.31. The van der Waals surface area contributed by atoms with Crippen molar-refractivity contribution in [2.45, 2.75) is 11.2 Å². The van der Waals surface area contributed by atoms with Gasteiger partial charge in [0.05, 0.1) is 5.57 Å². The van der Waals surface area contributed by atoms with Gasteiger partial charge < -0.3 is 20.1 Å². The summed E-state index contributed by atoms with van der Waals surface area (Å²) in [7, 11) is 0. The molecule has 1 aromatic carbocycles. The minimum atomic E-state index is -3.24. The van der Waals surface area contributed by atoms with E-state index in [0.717, 1.165) is 0 Å². The first-order chi connectivity index (χ1) is 12.4. The van der Waals surface area contributed by atoms with Crippen LogP contribution in [0.5, 0.6) is 0 Å². The van der Waals surface area contributed by atoms with Gasteiger partial charge in [0.2, 0.25) is 0 Å². The van der Waals surface area contributed by atoms with Crippen LogP contribution in [-0.4, -0.2) is 38.8 Å². The number of benzene rings is 1. The second-order valence-electron chi connectivity index (χ2n) is 5.69. The number of carbonyl (C=O) groups is 3. The van der Waals surface area contributed by atoms with Crippen molar-refractivity contribution in [3.8, 4) is 0 Å². The second kappa shape index (κ2) is 6.12. The molecule has 0 bridgehead atoms. The molecule has 3 N–H and O–H groups in total. The zero-order valence-electron chi connectivity index (χ0n) is 13.3. The number of aliphatic carboxylic acids is 2. The summed E-state index contributed by atoms with van der Waals surface area (Å²) in [4.78, 5) is 36.4. The number of allylic oxidation sites excluding steroid dienone is 4. The zero-order valence-corrected chi connectivity index (χ0v) is 13.3. The number of hydrogen-bond donors (Lipinski definition) is 3. The van der Waals surface area contributed by atoms with E-state index in [1.807, 2.05) is 0 Å². The van der Waals surface area contributed by atoms with Crippen LogP contribution in [0.3, 0.4) is 0 Å². The Kier molecular flexibility index (Phi) is 4.09. The molecule has 7 nitrogen and oxygen atoms in total. The van der Waals surface area contributed by atoms with E-state index in [-0.39, 0.29) is 16.7 Å². The number of aliphatic hydroxyl groups is 1. The summed E-state index contributed by atoms with van der Waals surface area (Å²) in [5, 5.41) is 30.9. The van der Waals surface area contributed by atoms with Crippen LogP contribution in [0.25, 0.3) is 0 Å². The van der Waals surface area contributed by atoms with Crippen molar-refractivity contribution in [2.75, 3.05) is 0 Å².